The highest BCUT2D eigenvalue weighted by Gasteiger charge is 2.32. The number of benzene rings is 2. The van der Waals surface area contributed by atoms with Crippen molar-refractivity contribution in [2.24, 2.45) is 11.7 Å². The van der Waals surface area contributed by atoms with Crippen molar-refractivity contribution in [3.8, 4) is 0 Å². The van der Waals surface area contributed by atoms with E-state index in [1.54, 1.807) is 4.90 Å². The van der Waals surface area contributed by atoms with Crippen molar-refractivity contribution in [1.82, 2.24) is 26.2 Å². The van der Waals surface area contributed by atoms with E-state index in [4.69, 9.17) is 10.5 Å². The van der Waals surface area contributed by atoms with Gasteiger partial charge in [-0.1, -0.05) is 68.4 Å². The molecule has 0 aromatic heterocycles. The minimum Gasteiger partial charge on any atom is -0.378 e. The van der Waals surface area contributed by atoms with Gasteiger partial charge in [0.2, 0.25) is 23.6 Å². The number of carbonyl (C=O) groups is 4. The first-order valence-corrected chi connectivity index (χ1v) is 17.0. The van der Waals surface area contributed by atoms with E-state index in [0.29, 0.717) is 52.1 Å². The van der Waals surface area contributed by atoms with Crippen LogP contribution < -0.4 is 27.0 Å². The van der Waals surface area contributed by atoms with Gasteiger partial charge in [0.25, 0.3) is 0 Å². The molecule has 1 heterocycles. The van der Waals surface area contributed by atoms with Crippen molar-refractivity contribution >= 4 is 23.6 Å². The second-order valence-electron chi connectivity index (χ2n) is 13.0. The minimum absolute atomic E-state index is 0.0707. The minimum atomic E-state index is -0.898. The largest absolute Gasteiger partial charge is 0.378 e. The molecule has 2 aliphatic rings. The molecule has 47 heavy (non-hydrogen) atoms. The van der Waals surface area contributed by atoms with Crippen LogP contribution in [-0.2, 0) is 43.2 Å². The predicted molar refractivity (Wildman–Crippen MR) is 181 cm³/mol. The average molecular weight is 649 g/mol. The zero-order valence-corrected chi connectivity index (χ0v) is 27.8. The number of nitrogens with two attached hydrogens (primary N) is 1. The van der Waals surface area contributed by atoms with Gasteiger partial charge in [-0.2, -0.15) is 0 Å². The SMILES string of the molecule is CC(C)C[C@@H](NC(=O)C(Cc1ccccc1)NC(=O)CNC1Cc2ccccc2C1)C(=O)NC(CCCCN)C(=O)N1CCOCC1. The highest BCUT2D eigenvalue weighted by atomic mass is 16.5. The maximum absolute atomic E-state index is 13.8. The lowest BCUT2D eigenvalue weighted by atomic mass is 10.00. The van der Waals surface area contributed by atoms with Crippen LogP contribution in [0.4, 0.5) is 0 Å². The highest BCUT2D eigenvalue weighted by Crippen LogP contribution is 2.21. The summed E-state index contributed by atoms with van der Waals surface area (Å²) in [6.07, 6.45) is 4.21. The lowest BCUT2D eigenvalue weighted by molar-refractivity contribution is -0.141. The fourth-order valence-corrected chi connectivity index (χ4v) is 6.25. The molecule has 2 aromatic rings. The molecule has 1 fully saturated rings. The molecular formula is C36H52N6O5. The predicted octanol–water partition coefficient (Wildman–Crippen LogP) is 1.47. The Hall–Kier alpha value is -3.80. The Morgan fingerprint density at radius 3 is 2.09 bits per heavy atom. The monoisotopic (exact) mass is 648 g/mol. The number of nitrogens with zero attached hydrogens (tertiary/aromatic N) is 1. The van der Waals surface area contributed by atoms with Gasteiger partial charge in [0, 0.05) is 25.6 Å². The van der Waals surface area contributed by atoms with Gasteiger partial charge in [-0.25, -0.2) is 0 Å². The third-order valence-electron chi connectivity index (χ3n) is 8.76. The summed E-state index contributed by atoms with van der Waals surface area (Å²) < 4.78 is 5.40. The first kappa shape index (κ1) is 36.0. The molecule has 0 saturated carbocycles. The van der Waals surface area contributed by atoms with Crippen LogP contribution in [0.15, 0.2) is 54.6 Å². The van der Waals surface area contributed by atoms with E-state index in [0.717, 1.165) is 24.8 Å². The first-order chi connectivity index (χ1) is 22.7. The summed E-state index contributed by atoms with van der Waals surface area (Å²) in [4.78, 5) is 55.9. The van der Waals surface area contributed by atoms with E-state index < -0.39 is 29.9 Å². The molecule has 3 atom stereocenters. The van der Waals surface area contributed by atoms with Crippen LogP contribution in [-0.4, -0.2) is 92.1 Å². The van der Waals surface area contributed by atoms with E-state index in [-0.39, 0.29) is 36.7 Å². The van der Waals surface area contributed by atoms with E-state index in [1.165, 1.54) is 11.1 Å². The fourth-order valence-electron chi connectivity index (χ4n) is 6.25. The normalized spacial score (nSPS) is 16.6. The van der Waals surface area contributed by atoms with Gasteiger partial charge in [-0.15, -0.1) is 0 Å². The van der Waals surface area contributed by atoms with E-state index in [2.05, 4.69) is 33.4 Å². The number of carbonyl (C=O) groups excluding carboxylic acids is 4. The van der Waals surface area contributed by atoms with Crippen LogP contribution in [0.5, 0.6) is 0 Å². The third-order valence-corrected chi connectivity index (χ3v) is 8.76. The van der Waals surface area contributed by atoms with E-state index >= 15 is 0 Å². The third kappa shape index (κ3) is 11.4. The van der Waals surface area contributed by atoms with Crippen molar-refractivity contribution in [3.63, 3.8) is 0 Å². The molecule has 11 nitrogen and oxygen atoms in total. The standard InChI is InChI=1S/C36H52N6O5/c1-25(2)20-31(34(44)40-30(14-8-9-15-37)36(46)42-16-18-47-19-17-42)41-35(45)32(21-26-10-4-3-5-11-26)39-33(43)24-38-29-22-27-12-6-7-13-28(27)23-29/h3-7,10-13,25,29-32,38H,8-9,14-24,37H2,1-2H3,(H,39,43)(H,40,44)(H,41,45)/t30?,31-,32?/m1/s1. The lowest BCUT2D eigenvalue weighted by Gasteiger charge is -2.32. The molecule has 2 unspecified atom stereocenters. The van der Waals surface area contributed by atoms with Crippen LogP contribution in [0.2, 0.25) is 0 Å². The molecule has 4 amide bonds. The molecule has 0 bridgehead atoms. The number of amides is 4. The average Bonchev–Trinajstić information content (AvgIpc) is 3.50. The second kappa shape index (κ2) is 18.5. The Bertz CT molecular complexity index is 1290. The Morgan fingerprint density at radius 2 is 1.45 bits per heavy atom. The summed E-state index contributed by atoms with van der Waals surface area (Å²) in [7, 11) is 0. The Morgan fingerprint density at radius 1 is 0.830 bits per heavy atom. The smallest absolute Gasteiger partial charge is 0.245 e. The molecule has 6 N–H and O–H groups in total. The Labute approximate surface area is 278 Å². The first-order valence-electron chi connectivity index (χ1n) is 17.0. The maximum atomic E-state index is 13.8. The van der Waals surface area contributed by atoms with Gasteiger partial charge in [-0.3, -0.25) is 19.2 Å². The van der Waals surface area contributed by atoms with Gasteiger partial charge >= 0.3 is 0 Å². The summed E-state index contributed by atoms with van der Waals surface area (Å²) in [6, 6.07) is 15.4. The van der Waals surface area contributed by atoms with Crippen LogP contribution in [0, 0.1) is 5.92 Å². The molecule has 256 valence electrons. The molecule has 0 radical (unpaired) electrons. The van der Waals surface area contributed by atoms with Gasteiger partial charge in [0.1, 0.15) is 18.1 Å². The number of rotatable bonds is 17. The molecule has 11 heteroatoms. The van der Waals surface area contributed by atoms with Crippen molar-refractivity contribution < 1.29 is 23.9 Å². The van der Waals surface area contributed by atoms with Crippen LogP contribution in [0.1, 0.15) is 56.2 Å². The van der Waals surface area contributed by atoms with Gasteiger partial charge < -0.3 is 36.6 Å². The number of fused-ring (bicyclic) bond motifs is 1. The molecule has 1 saturated heterocycles. The highest BCUT2D eigenvalue weighted by molar-refractivity contribution is 5.94. The Kier molecular flexibility index (Phi) is 14.2. The quantitative estimate of drug-likeness (QED) is 0.163. The summed E-state index contributed by atoms with van der Waals surface area (Å²) in [6.45, 7) is 6.37. The molecule has 1 aliphatic heterocycles. The second-order valence-corrected chi connectivity index (χ2v) is 13.0. The fraction of sp³-hybridized carbons (Fsp3) is 0.556. The molecular weight excluding hydrogens is 596 g/mol. The summed E-state index contributed by atoms with van der Waals surface area (Å²) >= 11 is 0. The number of hydrogen-bond acceptors (Lipinski definition) is 7. The van der Waals surface area contributed by atoms with Gasteiger partial charge in [-0.05, 0) is 67.7 Å². The van der Waals surface area contributed by atoms with Crippen molar-refractivity contribution in [3.05, 3.63) is 71.3 Å². The zero-order valence-electron chi connectivity index (χ0n) is 27.8. The number of unbranched alkanes of at least 4 members (excludes halogenated alkanes) is 1. The number of morpholine rings is 1. The summed E-state index contributed by atoms with van der Waals surface area (Å²) in [5.74, 6) is -1.23. The van der Waals surface area contributed by atoms with Crippen molar-refractivity contribution in [2.75, 3.05) is 39.4 Å². The van der Waals surface area contributed by atoms with Crippen molar-refractivity contribution in [2.45, 2.75) is 83.0 Å². The summed E-state index contributed by atoms with van der Waals surface area (Å²) in [5, 5.41) is 12.1. The molecule has 1 aliphatic carbocycles. The molecule has 0 spiro atoms. The molecule has 4 rings (SSSR count). The van der Waals surface area contributed by atoms with Crippen LogP contribution >= 0.6 is 0 Å². The van der Waals surface area contributed by atoms with E-state index in [9.17, 15) is 19.2 Å². The number of hydrogen-bond donors (Lipinski definition) is 5. The topological polar surface area (TPSA) is 155 Å². The number of ether oxygens (including phenoxy) is 1. The maximum Gasteiger partial charge on any atom is 0.245 e. The molecule has 2 aromatic carbocycles. The van der Waals surface area contributed by atoms with Crippen molar-refractivity contribution in [1.29, 1.82) is 0 Å². The number of nitrogens with one attached hydrogen (secondary N) is 4. The Balaban J connectivity index is 1.42. The van der Waals surface area contributed by atoms with E-state index in [1.807, 2.05) is 56.3 Å². The van der Waals surface area contributed by atoms with Crippen LogP contribution in [0.3, 0.4) is 0 Å². The lowest BCUT2D eigenvalue weighted by Crippen LogP contribution is -2.58. The van der Waals surface area contributed by atoms with Crippen LogP contribution in [0.25, 0.3) is 0 Å². The van der Waals surface area contributed by atoms with Gasteiger partial charge in [0.15, 0.2) is 0 Å². The van der Waals surface area contributed by atoms with Gasteiger partial charge in [0.05, 0.1) is 19.8 Å². The summed E-state index contributed by atoms with van der Waals surface area (Å²) in [5.41, 5.74) is 9.15. The zero-order chi connectivity index (χ0) is 33.6.